The Kier molecular flexibility index (Phi) is 5.37. The number of ether oxygens (including phenoxy) is 2. The number of aromatic nitrogens is 2. The van der Waals surface area contributed by atoms with Gasteiger partial charge in [0.05, 0.1) is 44.7 Å². The maximum atomic E-state index is 5.70. The molecule has 9 nitrogen and oxygen atoms in total. The molecule has 1 atom stereocenters. The van der Waals surface area contributed by atoms with E-state index >= 15 is 0 Å². The predicted octanol–water partition coefficient (Wildman–Crippen LogP) is 1.92. The summed E-state index contributed by atoms with van der Waals surface area (Å²) in [4.78, 5) is 17.0. The van der Waals surface area contributed by atoms with Gasteiger partial charge < -0.3 is 14.8 Å². The number of morpholine rings is 1. The van der Waals surface area contributed by atoms with Crippen molar-refractivity contribution in [3.63, 3.8) is 0 Å². The maximum absolute atomic E-state index is 5.70. The molecule has 0 bridgehead atoms. The summed E-state index contributed by atoms with van der Waals surface area (Å²) in [7, 11) is 1.71. The first-order chi connectivity index (χ1) is 16.3. The second kappa shape index (κ2) is 8.66. The van der Waals surface area contributed by atoms with Crippen molar-refractivity contribution >= 4 is 22.9 Å². The number of rotatable bonds is 5. The van der Waals surface area contributed by atoms with Crippen molar-refractivity contribution in [1.82, 2.24) is 24.7 Å². The zero-order valence-electron chi connectivity index (χ0n) is 18.9. The summed E-state index contributed by atoms with van der Waals surface area (Å²) in [6, 6.07) is 16.4. The fourth-order valence-corrected chi connectivity index (χ4v) is 4.87. The Bertz CT molecular complexity index is 1170. The van der Waals surface area contributed by atoms with Crippen molar-refractivity contribution in [2.75, 3.05) is 64.7 Å². The van der Waals surface area contributed by atoms with Crippen LogP contribution in [-0.4, -0.2) is 85.2 Å². The number of anilines is 1. The van der Waals surface area contributed by atoms with Crippen LogP contribution in [0.5, 0.6) is 5.75 Å². The SMILES string of the molecule is COc1ccccc1[C@H]1NC2=NCN(CCN3CCOCC3)CN2c2nc3ccccc3n21. The molecule has 3 aliphatic rings. The number of methoxy groups -OCH3 is 1. The van der Waals surface area contributed by atoms with Crippen LogP contribution < -0.4 is 15.0 Å². The first kappa shape index (κ1) is 20.5. The summed E-state index contributed by atoms with van der Waals surface area (Å²) in [6.07, 6.45) is -0.154. The molecular formula is C24H29N7O2. The minimum Gasteiger partial charge on any atom is -0.496 e. The molecular weight excluding hydrogens is 418 g/mol. The molecule has 6 rings (SSSR count). The van der Waals surface area contributed by atoms with E-state index in [0.717, 1.165) is 80.3 Å². The highest BCUT2D eigenvalue weighted by atomic mass is 16.5. The molecule has 2 aromatic carbocycles. The molecule has 0 amide bonds. The van der Waals surface area contributed by atoms with E-state index in [1.54, 1.807) is 7.11 Å². The van der Waals surface area contributed by atoms with Gasteiger partial charge in [0.15, 0.2) is 0 Å². The van der Waals surface area contributed by atoms with Crippen LogP contribution in [0.15, 0.2) is 53.5 Å². The van der Waals surface area contributed by atoms with Crippen LogP contribution in [0, 0.1) is 0 Å². The van der Waals surface area contributed by atoms with Crippen molar-refractivity contribution in [2.45, 2.75) is 6.17 Å². The Morgan fingerprint density at radius 3 is 2.70 bits per heavy atom. The fraction of sp³-hybridized carbons (Fsp3) is 0.417. The summed E-state index contributed by atoms with van der Waals surface area (Å²) < 4.78 is 13.4. The van der Waals surface area contributed by atoms with E-state index in [2.05, 4.69) is 48.8 Å². The van der Waals surface area contributed by atoms with Crippen molar-refractivity contribution in [3.8, 4) is 5.75 Å². The standard InChI is InChI=1S/C24H29N7O2/c1-32-21-9-5-2-6-18(21)22-27-23-25-16-29(11-10-28-12-14-33-15-13-28)17-30(23)24-26-19-7-3-4-8-20(19)31(22)24/h2-9,22H,10-17H2,1H3,(H,25,27)/t22-/m0/s1. The van der Waals surface area contributed by atoms with E-state index < -0.39 is 0 Å². The first-order valence-electron chi connectivity index (χ1n) is 11.5. The number of benzene rings is 2. The lowest BCUT2D eigenvalue weighted by Crippen LogP contribution is -2.58. The van der Waals surface area contributed by atoms with Gasteiger partial charge >= 0.3 is 0 Å². The van der Waals surface area contributed by atoms with Crippen molar-refractivity contribution < 1.29 is 9.47 Å². The Morgan fingerprint density at radius 1 is 1.03 bits per heavy atom. The molecule has 33 heavy (non-hydrogen) atoms. The topological polar surface area (TPSA) is 70.4 Å². The summed E-state index contributed by atoms with van der Waals surface area (Å²) >= 11 is 0. The van der Waals surface area contributed by atoms with E-state index in [-0.39, 0.29) is 6.17 Å². The minimum absolute atomic E-state index is 0.154. The van der Waals surface area contributed by atoms with Crippen molar-refractivity contribution in [3.05, 3.63) is 54.1 Å². The number of fused-ring (bicyclic) bond motifs is 5. The summed E-state index contributed by atoms with van der Waals surface area (Å²) in [6.45, 7) is 7.06. The maximum Gasteiger partial charge on any atom is 0.216 e. The molecule has 1 aromatic heterocycles. The smallest absolute Gasteiger partial charge is 0.216 e. The lowest BCUT2D eigenvalue weighted by Gasteiger charge is -2.42. The number of hydrogen-bond acceptors (Lipinski definition) is 8. The minimum atomic E-state index is -0.154. The highest BCUT2D eigenvalue weighted by molar-refractivity contribution is 5.99. The zero-order valence-corrected chi connectivity index (χ0v) is 18.9. The Morgan fingerprint density at radius 2 is 1.82 bits per heavy atom. The van der Waals surface area contributed by atoms with Crippen LogP contribution in [0.1, 0.15) is 11.7 Å². The van der Waals surface area contributed by atoms with Crippen LogP contribution in [-0.2, 0) is 4.74 Å². The monoisotopic (exact) mass is 447 g/mol. The van der Waals surface area contributed by atoms with E-state index in [0.29, 0.717) is 6.67 Å². The van der Waals surface area contributed by atoms with Gasteiger partial charge in [0.1, 0.15) is 11.9 Å². The third-order valence-electron chi connectivity index (χ3n) is 6.63. The van der Waals surface area contributed by atoms with Gasteiger partial charge in [0, 0.05) is 31.7 Å². The third kappa shape index (κ3) is 3.72. The van der Waals surface area contributed by atoms with Gasteiger partial charge in [0.25, 0.3) is 0 Å². The molecule has 1 N–H and O–H groups in total. The summed E-state index contributed by atoms with van der Waals surface area (Å²) in [5.41, 5.74) is 3.11. The van der Waals surface area contributed by atoms with Gasteiger partial charge in [-0.3, -0.25) is 19.3 Å². The van der Waals surface area contributed by atoms with Gasteiger partial charge in [-0.2, -0.15) is 0 Å². The van der Waals surface area contributed by atoms with Crippen LogP contribution in [0.2, 0.25) is 0 Å². The quantitative estimate of drug-likeness (QED) is 0.641. The number of aliphatic imine (C=N–C) groups is 1. The van der Waals surface area contributed by atoms with Gasteiger partial charge in [-0.1, -0.05) is 30.3 Å². The molecule has 9 heteroatoms. The lowest BCUT2D eigenvalue weighted by atomic mass is 10.1. The Balaban J connectivity index is 1.34. The molecule has 4 heterocycles. The molecule has 172 valence electrons. The van der Waals surface area contributed by atoms with Gasteiger partial charge in [0.2, 0.25) is 11.9 Å². The van der Waals surface area contributed by atoms with E-state index in [4.69, 9.17) is 19.5 Å². The van der Waals surface area contributed by atoms with Crippen molar-refractivity contribution in [2.24, 2.45) is 4.99 Å². The number of imidazole rings is 1. The molecule has 0 spiro atoms. The van der Waals surface area contributed by atoms with E-state index in [9.17, 15) is 0 Å². The number of nitrogens with one attached hydrogen (secondary N) is 1. The number of nitrogens with zero attached hydrogens (tertiary/aromatic N) is 6. The van der Waals surface area contributed by atoms with Crippen LogP contribution in [0.3, 0.4) is 0 Å². The predicted molar refractivity (Wildman–Crippen MR) is 128 cm³/mol. The fourth-order valence-electron chi connectivity index (χ4n) is 4.87. The Hall–Kier alpha value is -3.14. The number of guanidine groups is 1. The average molecular weight is 448 g/mol. The summed E-state index contributed by atoms with van der Waals surface area (Å²) in [5.74, 6) is 2.60. The van der Waals surface area contributed by atoms with Crippen molar-refractivity contribution in [1.29, 1.82) is 0 Å². The molecule has 3 aromatic rings. The lowest BCUT2D eigenvalue weighted by molar-refractivity contribution is 0.0334. The van der Waals surface area contributed by atoms with Crippen LogP contribution >= 0.6 is 0 Å². The average Bonchev–Trinajstić information content (AvgIpc) is 3.28. The Labute approximate surface area is 193 Å². The zero-order chi connectivity index (χ0) is 22.2. The largest absolute Gasteiger partial charge is 0.496 e. The van der Waals surface area contributed by atoms with Gasteiger partial charge in [-0.05, 0) is 18.2 Å². The second-order valence-electron chi connectivity index (χ2n) is 8.60. The molecule has 1 saturated heterocycles. The van der Waals surface area contributed by atoms with E-state index in [1.807, 2.05) is 24.3 Å². The van der Waals surface area contributed by atoms with E-state index in [1.165, 1.54) is 0 Å². The van der Waals surface area contributed by atoms with Gasteiger partial charge in [-0.25, -0.2) is 9.98 Å². The normalized spacial score (nSPS) is 21.3. The second-order valence-corrected chi connectivity index (χ2v) is 8.60. The third-order valence-corrected chi connectivity index (χ3v) is 6.63. The first-order valence-corrected chi connectivity index (χ1v) is 11.5. The molecule has 1 fully saturated rings. The number of para-hydroxylation sites is 3. The summed E-state index contributed by atoms with van der Waals surface area (Å²) in [5, 5.41) is 3.67. The molecule has 0 saturated carbocycles. The molecule has 0 aliphatic carbocycles. The number of hydrogen-bond donors (Lipinski definition) is 1. The molecule has 0 unspecified atom stereocenters. The van der Waals surface area contributed by atoms with Crippen LogP contribution in [0.4, 0.5) is 5.95 Å². The van der Waals surface area contributed by atoms with Crippen LogP contribution in [0.25, 0.3) is 11.0 Å². The highest BCUT2D eigenvalue weighted by Gasteiger charge is 2.36. The molecule has 0 radical (unpaired) electrons. The molecule has 3 aliphatic heterocycles. The highest BCUT2D eigenvalue weighted by Crippen LogP contribution is 2.36. The van der Waals surface area contributed by atoms with Gasteiger partial charge in [-0.15, -0.1) is 0 Å².